The Kier molecular flexibility index (Phi) is 5.01. The molecule has 1 aromatic carbocycles. The van der Waals surface area contributed by atoms with Crippen molar-refractivity contribution in [1.29, 1.82) is 0 Å². The number of rotatable bonds is 4. The third-order valence-corrected chi connectivity index (χ3v) is 4.85. The molecule has 3 heterocycles. The quantitative estimate of drug-likeness (QED) is 0.706. The number of carbonyl (C=O) groups is 1. The van der Waals surface area contributed by atoms with Crippen LogP contribution in [-0.4, -0.2) is 51.5 Å². The fourth-order valence-electron chi connectivity index (χ4n) is 3.21. The van der Waals surface area contributed by atoms with Gasteiger partial charge in [0.15, 0.2) is 5.65 Å². The van der Waals surface area contributed by atoms with Crippen LogP contribution in [0.4, 0.5) is 11.4 Å². The van der Waals surface area contributed by atoms with E-state index in [0.29, 0.717) is 35.0 Å². The summed E-state index contributed by atoms with van der Waals surface area (Å²) in [5.41, 5.74) is 1.64. The van der Waals surface area contributed by atoms with Crippen LogP contribution in [0.15, 0.2) is 35.5 Å². The van der Waals surface area contributed by atoms with Gasteiger partial charge in [0.25, 0.3) is 5.56 Å². The number of amides is 1. The molecule has 10 heteroatoms. The van der Waals surface area contributed by atoms with Crippen molar-refractivity contribution in [2.45, 2.75) is 6.54 Å². The van der Waals surface area contributed by atoms with E-state index in [4.69, 9.17) is 16.3 Å². The first-order valence-corrected chi connectivity index (χ1v) is 9.20. The van der Waals surface area contributed by atoms with Crippen LogP contribution in [-0.2, 0) is 23.1 Å². The summed E-state index contributed by atoms with van der Waals surface area (Å²) >= 11 is 6.12. The third-order valence-electron chi connectivity index (χ3n) is 4.62. The predicted octanol–water partition coefficient (Wildman–Crippen LogP) is 1.26. The van der Waals surface area contributed by atoms with Crippen molar-refractivity contribution < 1.29 is 9.53 Å². The number of nitrogens with one attached hydrogen (secondary N) is 1. The number of carbonyl (C=O) groups excluding carboxylic acids is 1. The van der Waals surface area contributed by atoms with Crippen LogP contribution in [0, 0.1) is 0 Å². The molecule has 1 saturated heterocycles. The monoisotopic (exact) mass is 402 g/mol. The maximum Gasteiger partial charge on any atom is 0.264 e. The van der Waals surface area contributed by atoms with Crippen LogP contribution in [0.3, 0.4) is 0 Å². The number of aryl methyl sites for hydroxylation is 1. The maximum absolute atomic E-state index is 12.6. The summed E-state index contributed by atoms with van der Waals surface area (Å²) in [7, 11) is 1.71. The van der Waals surface area contributed by atoms with Crippen molar-refractivity contribution >= 4 is 39.9 Å². The Hall–Kier alpha value is -2.91. The largest absolute Gasteiger partial charge is 0.378 e. The summed E-state index contributed by atoms with van der Waals surface area (Å²) in [5.74, 6) is -0.344. The minimum atomic E-state index is -0.344. The molecule has 4 rings (SSSR count). The number of nitrogens with zero attached hydrogens (tertiary/aromatic N) is 5. The van der Waals surface area contributed by atoms with E-state index in [1.54, 1.807) is 19.2 Å². The molecule has 0 spiro atoms. The van der Waals surface area contributed by atoms with Gasteiger partial charge in [-0.05, 0) is 18.2 Å². The number of aromatic nitrogens is 4. The normalized spacial score (nSPS) is 14.4. The molecule has 0 saturated carbocycles. The lowest BCUT2D eigenvalue weighted by atomic mass is 10.2. The molecule has 0 unspecified atom stereocenters. The summed E-state index contributed by atoms with van der Waals surface area (Å²) in [6.07, 6.45) is 2.80. The molecular weight excluding hydrogens is 384 g/mol. The van der Waals surface area contributed by atoms with Gasteiger partial charge >= 0.3 is 0 Å². The van der Waals surface area contributed by atoms with Crippen molar-refractivity contribution in [1.82, 2.24) is 19.3 Å². The van der Waals surface area contributed by atoms with Crippen LogP contribution in [0.2, 0.25) is 5.02 Å². The van der Waals surface area contributed by atoms with E-state index < -0.39 is 0 Å². The molecule has 146 valence electrons. The van der Waals surface area contributed by atoms with Crippen LogP contribution < -0.4 is 15.8 Å². The van der Waals surface area contributed by atoms with E-state index in [1.165, 1.54) is 21.8 Å². The lowest BCUT2D eigenvalue weighted by Crippen LogP contribution is -2.37. The molecule has 0 aliphatic carbocycles. The van der Waals surface area contributed by atoms with Gasteiger partial charge in [0, 0.05) is 25.2 Å². The molecule has 0 radical (unpaired) electrons. The molecule has 9 nitrogen and oxygen atoms in total. The Morgan fingerprint density at radius 3 is 2.89 bits per heavy atom. The lowest BCUT2D eigenvalue weighted by Gasteiger charge is -2.30. The maximum atomic E-state index is 12.6. The first kappa shape index (κ1) is 18.5. The summed E-state index contributed by atoms with van der Waals surface area (Å²) in [6.45, 7) is 2.55. The minimum absolute atomic E-state index is 0.161. The van der Waals surface area contributed by atoms with E-state index in [1.807, 2.05) is 6.07 Å². The zero-order chi connectivity index (χ0) is 19.7. The van der Waals surface area contributed by atoms with Gasteiger partial charge < -0.3 is 15.0 Å². The summed E-state index contributed by atoms with van der Waals surface area (Å²) in [6, 6.07) is 5.36. The minimum Gasteiger partial charge on any atom is -0.378 e. The molecule has 1 fully saturated rings. The number of hydrogen-bond acceptors (Lipinski definition) is 6. The van der Waals surface area contributed by atoms with Crippen LogP contribution in [0.5, 0.6) is 0 Å². The fraction of sp³-hybridized carbons (Fsp3) is 0.333. The van der Waals surface area contributed by atoms with Gasteiger partial charge in [0.2, 0.25) is 5.91 Å². The summed E-state index contributed by atoms with van der Waals surface area (Å²) < 4.78 is 8.17. The summed E-state index contributed by atoms with van der Waals surface area (Å²) in [4.78, 5) is 31.5. The number of anilines is 2. The highest BCUT2D eigenvalue weighted by atomic mass is 35.5. The number of halogens is 1. The fourth-order valence-corrected chi connectivity index (χ4v) is 3.38. The molecule has 28 heavy (non-hydrogen) atoms. The molecule has 1 aliphatic rings. The van der Waals surface area contributed by atoms with Crippen molar-refractivity contribution in [2.24, 2.45) is 7.05 Å². The van der Waals surface area contributed by atoms with Gasteiger partial charge in [0.05, 0.1) is 30.8 Å². The van der Waals surface area contributed by atoms with E-state index in [0.717, 1.165) is 18.8 Å². The Labute approximate surface area is 165 Å². The molecule has 2 aromatic heterocycles. The number of fused-ring (bicyclic) bond motifs is 1. The van der Waals surface area contributed by atoms with E-state index in [-0.39, 0.29) is 18.0 Å². The van der Waals surface area contributed by atoms with Crippen LogP contribution in [0.25, 0.3) is 11.0 Å². The average molecular weight is 403 g/mol. The number of ether oxygens (including phenoxy) is 1. The van der Waals surface area contributed by atoms with Gasteiger partial charge in [-0.25, -0.2) is 4.98 Å². The number of morpholine rings is 1. The standard InChI is InChI=1S/C18H19ClN6O3/c1-23-17-13(9-21-23)18(27)25(11-20-17)10-16(26)22-14-8-12(19)2-3-15(14)24-4-6-28-7-5-24/h2-3,8-9,11H,4-7,10H2,1H3,(H,22,26). The second-order valence-corrected chi connectivity index (χ2v) is 6.93. The molecule has 1 N–H and O–H groups in total. The third kappa shape index (κ3) is 3.58. The highest BCUT2D eigenvalue weighted by molar-refractivity contribution is 6.31. The lowest BCUT2D eigenvalue weighted by molar-refractivity contribution is -0.116. The van der Waals surface area contributed by atoms with Crippen molar-refractivity contribution in [2.75, 3.05) is 36.5 Å². The van der Waals surface area contributed by atoms with E-state index in [9.17, 15) is 9.59 Å². The number of benzene rings is 1. The number of hydrogen-bond donors (Lipinski definition) is 1. The smallest absolute Gasteiger partial charge is 0.264 e. The van der Waals surface area contributed by atoms with E-state index >= 15 is 0 Å². The predicted molar refractivity (Wildman–Crippen MR) is 106 cm³/mol. The molecule has 1 amide bonds. The second kappa shape index (κ2) is 7.61. The Balaban J connectivity index is 1.56. The van der Waals surface area contributed by atoms with Crippen molar-refractivity contribution in [3.63, 3.8) is 0 Å². The van der Waals surface area contributed by atoms with Gasteiger partial charge in [-0.1, -0.05) is 11.6 Å². The zero-order valence-corrected chi connectivity index (χ0v) is 16.0. The first-order chi connectivity index (χ1) is 13.5. The molecule has 1 aliphatic heterocycles. The SMILES string of the molecule is Cn1ncc2c(=O)n(CC(=O)Nc3cc(Cl)ccc3N3CCOCC3)cnc21. The van der Waals surface area contributed by atoms with E-state index in [2.05, 4.69) is 20.3 Å². The molecule has 0 atom stereocenters. The Morgan fingerprint density at radius 2 is 2.11 bits per heavy atom. The second-order valence-electron chi connectivity index (χ2n) is 6.49. The average Bonchev–Trinajstić information content (AvgIpc) is 3.06. The summed E-state index contributed by atoms with van der Waals surface area (Å²) in [5, 5.41) is 7.78. The van der Waals surface area contributed by atoms with Gasteiger partial charge in [-0.2, -0.15) is 5.10 Å². The molecular formula is C18H19ClN6O3. The van der Waals surface area contributed by atoms with Crippen molar-refractivity contribution in [3.8, 4) is 0 Å². The topological polar surface area (TPSA) is 94.3 Å². The first-order valence-electron chi connectivity index (χ1n) is 8.82. The van der Waals surface area contributed by atoms with Crippen LogP contribution >= 0.6 is 11.6 Å². The van der Waals surface area contributed by atoms with Gasteiger partial charge in [-0.15, -0.1) is 0 Å². The Bertz CT molecular complexity index is 1090. The van der Waals surface area contributed by atoms with Crippen LogP contribution in [0.1, 0.15) is 0 Å². The molecule has 3 aromatic rings. The Morgan fingerprint density at radius 1 is 1.32 bits per heavy atom. The molecule has 0 bridgehead atoms. The highest BCUT2D eigenvalue weighted by Gasteiger charge is 2.17. The van der Waals surface area contributed by atoms with Gasteiger partial charge in [0.1, 0.15) is 18.3 Å². The van der Waals surface area contributed by atoms with Gasteiger partial charge in [-0.3, -0.25) is 18.8 Å². The zero-order valence-electron chi connectivity index (χ0n) is 15.3. The van der Waals surface area contributed by atoms with Crippen molar-refractivity contribution in [3.05, 3.63) is 46.1 Å². The highest BCUT2D eigenvalue weighted by Crippen LogP contribution is 2.29.